The van der Waals surface area contributed by atoms with Gasteiger partial charge in [0.25, 0.3) is 0 Å². The van der Waals surface area contributed by atoms with Gasteiger partial charge in [-0.05, 0) is 85.9 Å². The van der Waals surface area contributed by atoms with E-state index in [9.17, 15) is 4.79 Å². The third-order valence-electron chi connectivity index (χ3n) is 9.32. The van der Waals surface area contributed by atoms with Crippen molar-refractivity contribution in [3.63, 3.8) is 0 Å². The molecular formula is C22H36O. The van der Waals surface area contributed by atoms with E-state index in [0.717, 1.165) is 30.1 Å². The molecule has 0 saturated heterocycles. The summed E-state index contributed by atoms with van der Waals surface area (Å²) in [4.78, 5) is 12.5. The van der Waals surface area contributed by atoms with Gasteiger partial charge in [-0.3, -0.25) is 4.79 Å². The van der Waals surface area contributed by atoms with Crippen LogP contribution in [0.4, 0.5) is 0 Å². The minimum Gasteiger partial charge on any atom is -0.299 e. The Balaban J connectivity index is 1.61. The number of carbonyl (C=O) groups is 1. The van der Waals surface area contributed by atoms with Crippen LogP contribution in [0.1, 0.15) is 91.4 Å². The molecular weight excluding hydrogens is 280 g/mol. The van der Waals surface area contributed by atoms with Gasteiger partial charge in [-0.15, -0.1) is 0 Å². The molecule has 4 saturated carbocycles. The third-order valence-corrected chi connectivity index (χ3v) is 9.32. The van der Waals surface area contributed by atoms with Crippen LogP contribution in [0.3, 0.4) is 0 Å². The van der Waals surface area contributed by atoms with Crippen molar-refractivity contribution in [3.8, 4) is 0 Å². The van der Waals surface area contributed by atoms with Gasteiger partial charge in [0.15, 0.2) is 0 Å². The predicted molar refractivity (Wildman–Crippen MR) is 95.1 cm³/mol. The molecule has 0 radical (unpaired) electrons. The maximum Gasteiger partial charge on any atom is 0.136 e. The topological polar surface area (TPSA) is 17.1 Å². The minimum absolute atomic E-state index is 0.339. The van der Waals surface area contributed by atoms with Gasteiger partial charge in [0.1, 0.15) is 5.78 Å². The molecule has 1 heteroatoms. The van der Waals surface area contributed by atoms with Gasteiger partial charge in [-0.25, -0.2) is 0 Å². The van der Waals surface area contributed by atoms with Crippen molar-refractivity contribution in [2.45, 2.75) is 91.4 Å². The first-order chi connectivity index (χ1) is 11.0. The molecule has 4 rings (SSSR count). The maximum absolute atomic E-state index is 12.5. The quantitative estimate of drug-likeness (QED) is 0.609. The molecule has 7 atom stereocenters. The lowest BCUT2D eigenvalue weighted by atomic mass is 9.45. The molecule has 0 bridgehead atoms. The summed E-state index contributed by atoms with van der Waals surface area (Å²) in [6.45, 7) is 7.22. The average Bonchev–Trinajstić information content (AvgIpc) is 2.91. The average molecular weight is 317 g/mol. The highest BCUT2D eigenvalue weighted by Gasteiger charge is 2.60. The highest BCUT2D eigenvalue weighted by Crippen LogP contribution is 2.67. The first-order valence-corrected chi connectivity index (χ1v) is 10.5. The monoisotopic (exact) mass is 316 g/mol. The molecule has 4 fully saturated rings. The Bertz CT molecular complexity index is 482. The van der Waals surface area contributed by atoms with Crippen LogP contribution in [0.15, 0.2) is 0 Å². The molecule has 1 unspecified atom stereocenters. The molecule has 130 valence electrons. The van der Waals surface area contributed by atoms with Crippen LogP contribution >= 0.6 is 0 Å². The number of hydrogen-bond acceptors (Lipinski definition) is 1. The molecule has 0 heterocycles. The van der Waals surface area contributed by atoms with Crippen LogP contribution in [0.5, 0.6) is 0 Å². The number of carbonyl (C=O) groups excluding carboxylic acids is 1. The normalized spacial score (nSPS) is 52.4. The highest BCUT2D eigenvalue weighted by atomic mass is 16.1. The van der Waals surface area contributed by atoms with Gasteiger partial charge in [0, 0.05) is 12.3 Å². The van der Waals surface area contributed by atoms with E-state index in [1.807, 2.05) is 0 Å². The highest BCUT2D eigenvalue weighted by molar-refractivity contribution is 5.81. The predicted octanol–water partition coefficient (Wildman–Crippen LogP) is 6.01. The largest absolute Gasteiger partial charge is 0.299 e. The first kappa shape index (κ1) is 16.2. The Kier molecular flexibility index (Phi) is 3.93. The second kappa shape index (κ2) is 5.60. The molecule has 0 aromatic rings. The van der Waals surface area contributed by atoms with E-state index in [1.54, 1.807) is 0 Å². The summed E-state index contributed by atoms with van der Waals surface area (Å²) in [7, 11) is 0. The Morgan fingerprint density at radius 3 is 2.43 bits per heavy atom. The van der Waals surface area contributed by atoms with Crippen molar-refractivity contribution >= 4 is 5.78 Å². The van der Waals surface area contributed by atoms with Crippen LogP contribution in [-0.2, 0) is 4.79 Å². The van der Waals surface area contributed by atoms with Crippen LogP contribution in [-0.4, -0.2) is 5.78 Å². The van der Waals surface area contributed by atoms with Crippen molar-refractivity contribution in [2.75, 3.05) is 0 Å². The molecule has 23 heavy (non-hydrogen) atoms. The number of hydrogen-bond donors (Lipinski definition) is 0. The van der Waals surface area contributed by atoms with E-state index in [0.29, 0.717) is 22.5 Å². The summed E-state index contributed by atoms with van der Waals surface area (Å²) in [6.07, 6.45) is 14.9. The summed E-state index contributed by atoms with van der Waals surface area (Å²) in [5.74, 6) is 4.71. The Hall–Kier alpha value is -0.330. The zero-order valence-corrected chi connectivity index (χ0v) is 15.6. The Labute approximate surface area is 143 Å². The lowest BCUT2D eigenvalue weighted by Gasteiger charge is -2.60. The zero-order valence-electron chi connectivity index (χ0n) is 15.6. The van der Waals surface area contributed by atoms with Crippen molar-refractivity contribution in [2.24, 2.45) is 40.4 Å². The summed E-state index contributed by atoms with van der Waals surface area (Å²) in [5, 5.41) is 0. The lowest BCUT2D eigenvalue weighted by Crippen LogP contribution is -2.53. The molecule has 0 aliphatic heterocycles. The standard InChI is InChI=1S/C22H36O/c1-4-20(23)19-11-10-17-16-9-8-15-7-5-6-13-21(15,2)18(16)12-14-22(17,19)3/h15-19H,4-14H2,1-3H3/t15?,16-,17-,18-,19+,21-,22-/m0/s1. The van der Waals surface area contributed by atoms with Crippen molar-refractivity contribution in [1.82, 2.24) is 0 Å². The van der Waals surface area contributed by atoms with Crippen LogP contribution in [0.2, 0.25) is 0 Å². The first-order valence-electron chi connectivity index (χ1n) is 10.5. The van der Waals surface area contributed by atoms with E-state index >= 15 is 0 Å². The number of Topliss-reactive ketones (excluding diaryl/α,β-unsaturated/α-hetero) is 1. The second-order valence-corrected chi connectivity index (χ2v) is 9.90. The zero-order chi connectivity index (χ0) is 16.2. The van der Waals surface area contributed by atoms with Gasteiger partial charge < -0.3 is 0 Å². The van der Waals surface area contributed by atoms with Crippen LogP contribution in [0, 0.1) is 40.4 Å². The molecule has 0 aromatic heterocycles. The number of rotatable bonds is 2. The van der Waals surface area contributed by atoms with Gasteiger partial charge in [0.2, 0.25) is 0 Å². The molecule has 0 amide bonds. The number of fused-ring (bicyclic) bond motifs is 5. The van der Waals surface area contributed by atoms with Gasteiger partial charge >= 0.3 is 0 Å². The molecule has 0 N–H and O–H groups in total. The summed E-state index contributed by atoms with van der Waals surface area (Å²) in [5.41, 5.74) is 0.974. The molecule has 1 nitrogen and oxygen atoms in total. The van der Waals surface area contributed by atoms with Gasteiger partial charge in [0.05, 0.1) is 0 Å². The van der Waals surface area contributed by atoms with Gasteiger partial charge in [-0.1, -0.05) is 33.6 Å². The fourth-order valence-corrected chi connectivity index (χ4v) is 8.07. The van der Waals surface area contributed by atoms with E-state index in [-0.39, 0.29) is 0 Å². The fraction of sp³-hybridized carbons (Fsp3) is 0.955. The summed E-state index contributed by atoms with van der Waals surface area (Å²) in [6, 6.07) is 0. The van der Waals surface area contributed by atoms with E-state index in [4.69, 9.17) is 0 Å². The third kappa shape index (κ3) is 2.20. The fourth-order valence-electron chi connectivity index (χ4n) is 8.07. The molecule has 0 spiro atoms. The maximum atomic E-state index is 12.5. The Morgan fingerprint density at radius 1 is 0.870 bits per heavy atom. The van der Waals surface area contributed by atoms with Crippen LogP contribution in [0.25, 0.3) is 0 Å². The van der Waals surface area contributed by atoms with Crippen molar-refractivity contribution in [1.29, 1.82) is 0 Å². The van der Waals surface area contributed by atoms with Crippen LogP contribution < -0.4 is 0 Å². The van der Waals surface area contributed by atoms with E-state index in [2.05, 4.69) is 20.8 Å². The van der Waals surface area contributed by atoms with E-state index in [1.165, 1.54) is 64.2 Å². The smallest absolute Gasteiger partial charge is 0.136 e. The van der Waals surface area contributed by atoms with Crippen molar-refractivity contribution in [3.05, 3.63) is 0 Å². The lowest BCUT2D eigenvalue weighted by molar-refractivity contribution is -0.135. The summed E-state index contributed by atoms with van der Waals surface area (Å²) < 4.78 is 0. The number of ketones is 1. The molecule has 4 aliphatic rings. The summed E-state index contributed by atoms with van der Waals surface area (Å²) >= 11 is 0. The van der Waals surface area contributed by atoms with E-state index < -0.39 is 0 Å². The Morgan fingerprint density at radius 2 is 1.65 bits per heavy atom. The molecule has 4 aliphatic carbocycles. The van der Waals surface area contributed by atoms with Crippen molar-refractivity contribution < 1.29 is 4.79 Å². The second-order valence-electron chi connectivity index (χ2n) is 9.90. The minimum atomic E-state index is 0.339. The molecule has 0 aromatic carbocycles. The van der Waals surface area contributed by atoms with Gasteiger partial charge in [-0.2, -0.15) is 0 Å². The SMILES string of the molecule is CCC(=O)[C@H]1CC[C@H]2[C@@H]3CCC4CCCC[C@]4(C)[C@H]3CC[C@]12C.